The number of halogens is 3. The lowest BCUT2D eigenvalue weighted by atomic mass is 9.91. The number of rotatable bonds is 2. The number of aromatic hydroxyl groups is 1. The summed E-state index contributed by atoms with van der Waals surface area (Å²) < 4.78 is 38.3. The molecule has 1 aromatic rings. The van der Waals surface area contributed by atoms with Gasteiger partial charge in [-0.3, -0.25) is 4.90 Å². The number of piperidine rings is 1. The third-order valence-electron chi connectivity index (χ3n) is 4.26. The van der Waals surface area contributed by atoms with E-state index in [9.17, 15) is 18.3 Å². The number of benzene rings is 1. The summed E-state index contributed by atoms with van der Waals surface area (Å²) in [6, 6.07) is 4.13. The van der Waals surface area contributed by atoms with Crippen molar-refractivity contribution in [3.63, 3.8) is 0 Å². The highest BCUT2D eigenvalue weighted by Crippen LogP contribution is 2.36. The van der Waals surface area contributed by atoms with E-state index in [-0.39, 0.29) is 0 Å². The molecule has 2 nitrogen and oxygen atoms in total. The van der Waals surface area contributed by atoms with E-state index in [0.717, 1.165) is 25.1 Å². The monoisotopic (exact) mass is 287 g/mol. The summed E-state index contributed by atoms with van der Waals surface area (Å²) in [5, 5.41) is 9.34. The molecule has 0 aliphatic carbocycles. The van der Waals surface area contributed by atoms with Gasteiger partial charge in [0.15, 0.2) is 0 Å². The van der Waals surface area contributed by atoms with Crippen LogP contribution in [-0.4, -0.2) is 22.6 Å². The molecule has 1 aliphatic rings. The van der Waals surface area contributed by atoms with Crippen molar-refractivity contribution in [1.82, 2.24) is 4.90 Å². The zero-order chi connectivity index (χ0) is 14.9. The van der Waals surface area contributed by atoms with Crippen molar-refractivity contribution in [1.29, 1.82) is 0 Å². The van der Waals surface area contributed by atoms with E-state index in [1.165, 1.54) is 6.42 Å². The molecule has 0 amide bonds. The summed E-state index contributed by atoms with van der Waals surface area (Å²) in [5.74, 6) is -0.149. The van der Waals surface area contributed by atoms with E-state index in [0.29, 0.717) is 24.1 Å². The van der Waals surface area contributed by atoms with Crippen molar-refractivity contribution in [2.24, 2.45) is 5.92 Å². The largest absolute Gasteiger partial charge is 0.507 e. The van der Waals surface area contributed by atoms with Crippen LogP contribution in [0.25, 0.3) is 0 Å². The van der Waals surface area contributed by atoms with Crippen LogP contribution in [-0.2, 0) is 12.7 Å². The van der Waals surface area contributed by atoms with E-state index >= 15 is 0 Å². The zero-order valence-electron chi connectivity index (χ0n) is 11.7. The van der Waals surface area contributed by atoms with Crippen LogP contribution in [0.1, 0.15) is 37.8 Å². The van der Waals surface area contributed by atoms with Crippen LogP contribution in [0.4, 0.5) is 13.2 Å². The van der Waals surface area contributed by atoms with Gasteiger partial charge in [0.1, 0.15) is 5.75 Å². The molecular weight excluding hydrogens is 267 g/mol. The highest BCUT2D eigenvalue weighted by molar-refractivity contribution is 5.38. The minimum Gasteiger partial charge on any atom is -0.507 e. The summed E-state index contributed by atoms with van der Waals surface area (Å²) >= 11 is 0. The zero-order valence-corrected chi connectivity index (χ0v) is 11.7. The van der Waals surface area contributed by atoms with Crippen LogP contribution in [0.5, 0.6) is 5.75 Å². The van der Waals surface area contributed by atoms with Gasteiger partial charge in [-0.2, -0.15) is 13.2 Å². The Morgan fingerprint density at radius 1 is 1.30 bits per heavy atom. The predicted octanol–water partition coefficient (Wildman–Crippen LogP) is 4.03. The van der Waals surface area contributed by atoms with Crippen LogP contribution in [0, 0.1) is 5.92 Å². The molecule has 0 radical (unpaired) electrons. The molecule has 2 rings (SSSR count). The lowest BCUT2D eigenvalue weighted by Gasteiger charge is -2.38. The molecule has 0 bridgehead atoms. The van der Waals surface area contributed by atoms with Crippen molar-refractivity contribution >= 4 is 0 Å². The van der Waals surface area contributed by atoms with Crippen molar-refractivity contribution in [2.45, 2.75) is 45.5 Å². The second kappa shape index (κ2) is 5.64. The molecule has 1 fully saturated rings. The van der Waals surface area contributed by atoms with Crippen molar-refractivity contribution in [3.8, 4) is 5.75 Å². The van der Waals surface area contributed by atoms with Gasteiger partial charge in [-0.05, 0) is 49.9 Å². The maximum atomic E-state index is 12.8. The highest BCUT2D eigenvalue weighted by Gasteiger charge is 2.34. The van der Waals surface area contributed by atoms with Crippen LogP contribution >= 0.6 is 0 Å². The maximum absolute atomic E-state index is 12.8. The summed E-state index contributed by atoms with van der Waals surface area (Å²) in [6.45, 7) is 5.70. The van der Waals surface area contributed by atoms with Crippen molar-refractivity contribution in [3.05, 3.63) is 29.3 Å². The van der Waals surface area contributed by atoms with E-state index in [2.05, 4.69) is 18.7 Å². The molecule has 1 saturated heterocycles. The van der Waals surface area contributed by atoms with Gasteiger partial charge in [-0.1, -0.05) is 13.0 Å². The smallest absolute Gasteiger partial charge is 0.419 e. The Balaban J connectivity index is 2.18. The molecule has 112 valence electrons. The van der Waals surface area contributed by atoms with Crippen molar-refractivity contribution < 1.29 is 18.3 Å². The predicted molar refractivity (Wildman–Crippen MR) is 71.4 cm³/mol. The molecule has 20 heavy (non-hydrogen) atoms. The van der Waals surface area contributed by atoms with Gasteiger partial charge in [0.2, 0.25) is 0 Å². The fourth-order valence-corrected chi connectivity index (χ4v) is 2.79. The van der Waals surface area contributed by atoms with Gasteiger partial charge in [0.05, 0.1) is 5.56 Å². The maximum Gasteiger partial charge on any atom is 0.419 e. The summed E-state index contributed by atoms with van der Waals surface area (Å²) in [7, 11) is 0. The van der Waals surface area contributed by atoms with Crippen LogP contribution in [0.15, 0.2) is 18.2 Å². The quantitative estimate of drug-likeness (QED) is 0.887. The fraction of sp³-hybridized carbons (Fsp3) is 0.600. The molecule has 2 atom stereocenters. The first-order valence-corrected chi connectivity index (χ1v) is 6.92. The molecule has 0 spiro atoms. The van der Waals surface area contributed by atoms with Crippen LogP contribution in [0.3, 0.4) is 0 Å². The van der Waals surface area contributed by atoms with Crippen molar-refractivity contribution in [2.75, 3.05) is 6.54 Å². The van der Waals surface area contributed by atoms with Gasteiger partial charge in [0, 0.05) is 12.6 Å². The minimum atomic E-state index is -4.51. The normalized spacial score (nSPS) is 24.9. The van der Waals surface area contributed by atoms with E-state index < -0.39 is 17.5 Å². The SMILES string of the molecule is CC1CCCN(Cc2ccc(O)c(C(F)(F)F)c2)C1C. The average molecular weight is 287 g/mol. The number of nitrogens with zero attached hydrogens (tertiary/aromatic N) is 1. The first-order valence-electron chi connectivity index (χ1n) is 6.92. The standard InChI is InChI=1S/C15H20F3NO/c1-10-4-3-7-19(11(10)2)9-12-5-6-14(20)13(8-12)15(16,17)18/h5-6,8,10-11,20H,3-4,7,9H2,1-2H3. The molecule has 1 N–H and O–H groups in total. The lowest BCUT2D eigenvalue weighted by Crippen LogP contribution is -2.41. The molecule has 1 aromatic carbocycles. The fourth-order valence-electron chi connectivity index (χ4n) is 2.79. The Morgan fingerprint density at radius 3 is 2.65 bits per heavy atom. The topological polar surface area (TPSA) is 23.5 Å². The Kier molecular flexibility index (Phi) is 4.28. The summed E-state index contributed by atoms with van der Waals surface area (Å²) in [6.07, 6.45) is -2.27. The third kappa shape index (κ3) is 3.26. The van der Waals surface area contributed by atoms with E-state index in [1.807, 2.05) is 0 Å². The number of hydrogen-bond donors (Lipinski definition) is 1. The summed E-state index contributed by atoms with van der Waals surface area (Å²) in [4.78, 5) is 2.21. The Morgan fingerprint density at radius 2 is 2.00 bits per heavy atom. The van der Waals surface area contributed by atoms with Crippen LogP contribution < -0.4 is 0 Å². The van der Waals surface area contributed by atoms with Gasteiger partial charge in [-0.25, -0.2) is 0 Å². The Hall–Kier alpha value is -1.23. The molecule has 1 heterocycles. The average Bonchev–Trinajstić information content (AvgIpc) is 2.36. The second-order valence-electron chi connectivity index (χ2n) is 5.68. The Labute approximate surface area is 117 Å². The first kappa shape index (κ1) is 15.2. The second-order valence-corrected chi connectivity index (χ2v) is 5.68. The molecular formula is C15H20F3NO. The van der Waals surface area contributed by atoms with Gasteiger partial charge in [0.25, 0.3) is 0 Å². The molecule has 0 saturated carbocycles. The van der Waals surface area contributed by atoms with E-state index in [4.69, 9.17) is 0 Å². The van der Waals surface area contributed by atoms with Gasteiger partial charge >= 0.3 is 6.18 Å². The third-order valence-corrected chi connectivity index (χ3v) is 4.26. The van der Waals surface area contributed by atoms with E-state index in [1.54, 1.807) is 6.07 Å². The number of likely N-dealkylation sites (tertiary alicyclic amines) is 1. The molecule has 0 aromatic heterocycles. The van der Waals surface area contributed by atoms with Gasteiger partial charge in [-0.15, -0.1) is 0 Å². The summed E-state index contributed by atoms with van der Waals surface area (Å²) in [5.41, 5.74) is -0.358. The number of phenols is 1. The molecule has 1 aliphatic heterocycles. The number of phenolic OH excluding ortho intramolecular Hbond substituents is 1. The van der Waals surface area contributed by atoms with Crippen LogP contribution in [0.2, 0.25) is 0 Å². The van der Waals surface area contributed by atoms with Gasteiger partial charge < -0.3 is 5.11 Å². The highest BCUT2D eigenvalue weighted by atomic mass is 19.4. The lowest BCUT2D eigenvalue weighted by molar-refractivity contribution is -0.138. The number of hydrogen-bond acceptors (Lipinski definition) is 2. The number of alkyl halides is 3. The molecule has 5 heteroatoms. The minimum absolute atomic E-state index is 0.367. The first-order chi connectivity index (χ1) is 9.29. The molecule has 2 unspecified atom stereocenters. The Bertz CT molecular complexity index is 473.